The Morgan fingerprint density at radius 3 is 3.15 bits per heavy atom. The first-order valence-electron chi connectivity index (χ1n) is 3.65. The van der Waals surface area contributed by atoms with Gasteiger partial charge in [-0.2, -0.15) is 0 Å². The Kier molecular flexibility index (Phi) is 2.01. The van der Waals surface area contributed by atoms with Crippen LogP contribution in [0.1, 0.15) is 0 Å². The molecule has 0 aromatic heterocycles. The molecule has 1 aliphatic heterocycles. The van der Waals surface area contributed by atoms with Gasteiger partial charge in [-0.25, -0.2) is 4.99 Å². The summed E-state index contributed by atoms with van der Waals surface area (Å²) in [5.41, 5.74) is 0.612. The van der Waals surface area contributed by atoms with E-state index in [0.717, 1.165) is 0 Å². The molecule has 2 rings (SSSR count). The molecule has 13 heavy (non-hydrogen) atoms. The lowest BCUT2D eigenvalue weighted by Gasteiger charge is -2.20. The number of hydrogen-bond donors (Lipinski definition) is 1. The lowest BCUT2D eigenvalue weighted by molar-refractivity contribution is -0.120. The number of hydrogen-bond acceptors (Lipinski definition) is 2. The third-order valence-electron chi connectivity index (χ3n) is 1.80. The molecule has 0 bridgehead atoms. The number of fused-ring (bicyclic) bond motifs is 1. The summed E-state index contributed by atoms with van der Waals surface area (Å²) >= 11 is 10.5. The SMILES string of the molecule is O=C1NC(=S)N=C2C=C(Cl)C=CC12. The van der Waals surface area contributed by atoms with Crippen molar-refractivity contribution >= 4 is 40.6 Å². The molecule has 3 nitrogen and oxygen atoms in total. The molecule has 1 amide bonds. The third-order valence-corrected chi connectivity index (χ3v) is 2.22. The fraction of sp³-hybridized carbons (Fsp3) is 0.125. The van der Waals surface area contributed by atoms with Gasteiger partial charge in [0, 0.05) is 5.03 Å². The standard InChI is InChI=1S/C8H5ClN2OS/c9-4-1-2-5-6(3-4)10-8(13)11-7(5)12/h1-3,5H,(H,11,12,13). The molecule has 66 valence electrons. The summed E-state index contributed by atoms with van der Waals surface area (Å²) in [4.78, 5) is 15.4. The zero-order chi connectivity index (χ0) is 9.42. The van der Waals surface area contributed by atoms with Gasteiger partial charge in [-0.1, -0.05) is 17.7 Å². The Balaban J connectivity index is 2.44. The molecule has 0 saturated heterocycles. The summed E-state index contributed by atoms with van der Waals surface area (Å²) in [5, 5.41) is 3.24. The van der Waals surface area contributed by atoms with Gasteiger partial charge in [-0.3, -0.25) is 4.79 Å². The summed E-state index contributed by atoms with van der Waals surface area (Å²) in [7, 11) is 0. The number of nitrogens with zero attached hydrogens (tertiary/aromatic N) is 1. The quantitative estimate of drug-likeness (QED) is 0.612. The topological polar surface area (TPSA) is 41.5 Å². The Bertz CT molecular complexity index is 384. The molecule has 0 aromatic carbocycles. The maximum Gasteiger partial charge on any atom is 0.239 e. The monoisotopic (exact) mass is 212 g/mol. The molecule has 1 aliphatic carbocycles. The van der Waals surface area contributed by atoms with Gasteiger partial charge in [-0.15, -0.1) is 0 Å². The predicted octanol–water partition coefficient (Wildman–Crippen LogP) is 1.15. The van der Waals surface area contributed by atoms with Crippen LogP contribution in [0.5, 0.6) is 0 Å². The van der Waals surface area contributed by atoms with Crippen molar-refractivity contribution < 1.29 is 4.79 Å². The molecule has 5 heteroatoms. The van der Waals surface area contributed by atoms with E-state index in [9.17, 15) is 4.79 Å². The molecular weight excluding hydrogens is 208 g/mol. The van der Waals surface area contributed by atoms with Gasteiger partial charge < -0.3 is 5.32 Å². The third kappa shape index (κ3) is 1.55. The van der Waals surface area contributed by atoms with E-state index in [1.807, 2.05) is 0 Å². The van der Waals surface area contributed by atoms with E-state index >= 15 is 0 Å². The second-order valence-electron chi connectivity index (χ2n) is 2.70. The second-order valence-corrected chi connectivity index (χ2v) is 3.52. The van der Waals surface area contributed by atoms with Crippen LogP contribution in [0, 0.1) is 5.92 Å². The van der Waals surface area contributed by atoms with E-state index in [1.165, 1.54) is 0 Å². The number of nitrogens with one attached hydrogen (secondary N) is 1. The van der Waals surface area contributed by atoms with Crippen molar-refractivity contribution in [3.8, 4) is 0 Å². The summed E-state index contributed by atoms with van der Waals surface area (Å²) < 4.78 is 0. The first-order valence-corrected chi connectivity index (χ1v) is 4.44. The fourth-order valence-electron chi connectivity index (χ4n) is 1.22. The number of aliphatic imine (C=N–C) groups is 1. The lowest BCUT2D eigenvalue weighted by atomic mass is 9.96. The molecule has 0 saturated carbocycles. The first kappa shape index (κ1) is 8.59. The van der Waals surface area contributed by atoms with Crippen molar-refractivity contribution in [2.45, 2.75) is 0 Å². The smallest absolute Gasteiger partial charge is 0.239 e. The van der Waals surface area contributed by atoms with Gasteiger partial charge in [0.25, 0.3) is 0 Å². The van der Waals surface area contributed by atoms with Gasteiger partial charge in [0.15, 0.2) is 5.11 Å². The van der Waals surface area contributed by atoms with Crippen LogP contribution in [0.3, 0.4) is 0 Å². The highest BCUT2D eigenvalue weighted by Crippen LogP contribution is 2.19. The van der Waals surface area contributed by atoms with E-state index < -0.39 is 0 Å². The van der Waals surface area contributed by atoms with Crippen LogP contribution < -0.4 is 5.32 Å². The minimum absolute atomic E-state index is 0.147. The molecule has 0 aromatic rings. The van der Waals surface area contributed by atoms with Crippen molar-refractivity contribution in [2.75, 3.05) is 0 Å². The highest BCUT2D eigenvalue weighted by atomic mass is 35.5. The molecule has 0 spiro atoms. The van der Waals surface area contributed by atoms with E-state index in [2.05, 4.69) is 10.3 Å². The van der Waals surface area contributed by atoms with Crippen LogP contribution in [-0.2, 0) is 4.79 Å². The number of carbonyl (C=O) groups excluding carboxylic acids is 1. The van der Waals surface area contributed by atoms with Crippen molar-refractivity contribution in [3.05, 3.63) is 23.3 Å². The highest BCUT2D eigenvalue weighted by molar-refractivity contribution is 7.80. The minimum Gasteiger partial charge on any atom is -0.300 e. The van der Waals surface area contributed by atoms with E-state index in [1.54, 1.807) is 18.2 Å². The van der Waals surface area contributed by atoms with Gasteiger partial charge in [0.1, 0.15) is 0 Å². The summed E-state index contributed by atoms with van der Waals surface area (Å²) in [6.07, 6.45) is 5.04. The van der Waals surface area contributed by atoms with Crippen LogP contribution in [0.25, 0.3) is 0 Å². The molecule has 0 fully saturated rings. The Hall–Kier alpha value is -1.00. The normalized spacial score (nSPS) is 26.1. The van der Waals surface area contributed by atoms with E-state index in [4.69, 9.17) is 23.8 Å². The highest BCUT2D eigenvalue weighted by Gasteiger charge is 2.27. The Morgan fingerprint density at radius 2 is 2.38 bits per heavy atom. The van der Waals surface area contributed by atoms with Crippen molar-refractivity contribution in [2.24, 2.45) is 10.9 Å². The number of allylic oxidation sites excluding steroid dienone is 3. The number of thiocarbonyl (C=S) groups is 1. The largest absolute Gasteiger partial charge is 0.300 e. The van der Waals surface area contributed by atoms with Crippen LogP contribution in [0.4, 0.5) is 0 Å². The van der Waals surface area contributed by atoms with Gasteiger partial charge in [0.2, 0.25) is 5.91 Å². The maximum atomic E-state index is 11.3. The van der Waals surface area contributed by atoms with E-state index in [-0.39, 0.29) is 16.9 Å². The number of halogens is 1. The lowest BCUT2D eigenvalue weighted by Crippen LogP contribution is -2.42. The predicted molar refractivity (Wildman–Crippen MR) is 54.7 cm³/mol. The number of carbonyl (C=O) groups is 1. The average Bonchev–Trinajstić information content (AvgIpc) is 2.02. The maximum absolute atomic E-state index is 11.3. The average molecular weight is 213 g/mol. The minimum atomic E-state index is -0.339. The second kappa shape index (κ2) is 3.05. The summed E-state index contributed by atoms with van der Waals surface area (Å²) in [5.74, 6) is -0.485. The molecule has 1 atom stereocenters. The van der Waals surface area contributed by atoms with E-state index in [0.29, 0.717) is 10.7 Å². The number of rotatable bonds is 0. The first-order chi connectivity index (χ1) is 6.16. The van der Waals surface area contributed by atoms with Crippen LogP contribution >= 0.6 is 23.8 Å². The van der Waals surface area contributed by atoms with Crippen LogP contribution in [-0.4, -0.2) is 16.7 Å². The fourth-order valence-corrected chi connectivity index (χ4v) is 1.61. The molecular formula is C8H5ClN2OS. The summed E-state index contributed by atoms with van der Waals surface area (Å²) in [6.45, 7) is 0. The molecule has 2 aliphatic rings. The van der Waals surface area contributed by atoms with Crippen molar-refractivity contribution in [1.29, 1.82) is 0 Å². The zero-order valence-corrected chi connectivity index (χ0v) is 8.02. The van der Waals surface area contributed by atoms with Gasteiger partial charge in [-0.05, 0) is 24.4 Å². The van der Waals surface area contributed by atoms with Crippen molar-refractivity contribution in [3.63, 3.8) is 0 Å². The van der Waals surface area contributed by atoms with Gasteiger partial charge in [0.05, 0.1) is 11.6 Å². The van der Waals surface area contributed by atoms with Crippen molar-refractivity contribution in [1.82, 2.24) is 5.32 Å². The molecule has 0 radical (unpaired) electrons. The van der Waals surface area contributed by atoms with Gasteiger partial charge >= 0.3 is 0 Å². The summed E-state index contributed by atoms with van der Waals surface area (Å²) in [6, 6.07) is 0. The number of amides is 1. The Morgan fingerprint density at radius 1 is 1.62 bits per heavy atom. The molecule has 1 N–H and O–H groups in total. The zero-order valence-electron chi connectivity index (χ0n) is 6.45. The van der Waals surface area contributed by atoms with Crippen LogP contribution in [0.15, 0.2) is 28.3 Å². The molecule has 1 heterocycles. The van der Waals surface area contributed by atoms with Crippen LogP contribution in [0.2, 0.25) is 0 Å². The molecule has 1 unspecified atom stereocenters. The Labute approximate surface area is 85.2 Å².